The molecule has 0 aliphatic carbocycles. The SMILES string of the molecule is CCC(c1cccnc1)N(C)C(=O)c1cn2cc(C)ccc2n1. The van der Waals surface area contributed by atoms with Crippen LogP contribution in [0.5, 0.6) is 0 Å². The van der Waals surface area contributed by atoms with Crippen LogP contribution in [0.2, 0.25) is 0 Å². The molecule has 0 saturated heterocycles. The van der Waals surface area contributed by atoms with E-state index in [4.69, 9.17) is 0 Å². The Kier molecular flexibility index (Phi) is 4.10. The smallest absolute Gasteiger partial charge is 0.274 e. The van der Waals surface area contributed by atoms with E-state index in [1.54, 1.807) is 17.3 Å². The van der Waals surface area contributed by atoms with Crippen LogP contribution in [0.25, 0.3) is 5.65 Å². The molecule has 3 heterocycles. The number of pyridine rings is 2. The molecule has 5 heteroatoms. The number of hydrogen-bond acceptors (Lipinski definition) is 3. The van der Waals surface area contributed by atoms with Crippen molar-refractivity contribution in [2.75, 3.05) is 7.05 Å². The summed E-state index contributed by atoms with van der Waals surface area (Å²) in [6, 6.07) is 7.79. The molecule has 0 fully saturated rings. The number of fused-ring (bicyclic) bond motifs is 1. The number of carbonyl (C=O) groups excluding carboxylic acids is 1. The van der Waals surface area contributed by atoms with Gasteiger partial charge in [-0.15, -0.1) is 0 Å². The first-order valence-corrected chi connectivity index (χ1v) is 7.72. The zero-order valence-electron chi connectivity index (χ0n) is 13.6. The van der Waals surface area contributed by atoms with Crippen LogP contribution in [-0.2, 0) is 0 Å². The van der Waals surface area contributed by atoms with Crippen molar-refractivity contribution in [1.82, 2.24) is 19.3 Å². The Hall–Kier alpha value is -2.69. The lowest BCUT2D eigenvalue weighted by Gasteiger charge is -2.26. The molecule has 0 N–H and O–H groups in total. The van der Waals surface area contributed by atoms with Gasteiger partial charge in [-0.3, -0.25) is 9.78 Å². The average molecular weight is 308 g/mol. The topological polar surface area (TPSA) is 50.5 Å². The minimum Gasteiger partial charge on any atom is -0.333 e. The van der Waals surface area contributed by atoms with Crippen LogP contribution >= 0.6 is 0 Å². The largest absolute Gasteiger partial charge is 0.333 e. The molecule has 0 saturated carbocycles. The fraction of sp³-hybridized carbons (Fsp3) is 0.278. The first kappa shape index (κ1) is 15.2. The van der Waals surface area contributed by atoms with Crippen molar-refractivity contribution >= 4 is 11.6 Å². The molecule has 3 aromatic rings. The number of imidazole rings is 1. The van der Waals surface area contributed by atoms with Gasteiger partial charge in [0.1, 0.15) is 11.3 Å². The zero-order valence-corrected chi connectivity index (χ0v) is 13.6. The predicted molar refractivity (Wildman–Crippen MR) is 89.3 cm³/mol. The van der Waals surface area contributed by atoms with Gasteiger partial charge in [0.05, 0.1) is 6.04 Å². The van der Waals surface area contributed by atoms with E-state index in [-0.39, 0.29) is 11.9 Å². The molecule has 1 amide bonds. The molecule has 23 heavy (non-hydrogen) atoms. The van der Waals surface area contributed by atoms with Crippen LogP contribution < -0.4 is 0 Å². The third-order valence-corrected chi connectivity index (χ3v) is 4.06. The van der Waals surface area contributed by atoms with Crippen molar-refractivity contribution in [1.29, 1.82) is 0 Å². The highest BCUT2D eigenvalue weighted by molar-refractivity contribution is 5.93. The highest BCUT2D eigenvalue weighted by Crippen LogP contribution is 2.23. The fourth-order valence-electron chi connectivity index (χ4n) is 2.83. The van der Waals surface area contributed by atoms with Crippen LogP contribution in [0.4, 0.5) is 0 Å². The number of amides is 1. The van der Waals surface area contributed by atoms with Gasteiger partial charge in [-0.05, 0) is 36.6 Å². The monoisotopic (exact) mass is 308 g/mol. The number of hydrogen-bond donors (Lipinski definition) is 0. The summed E-state index contributed by atoms with van der Waals surface area (Å²) >= 11 is 0. The maximum atomic E-state index is 12.8. The molecule has 5 nitrogen and oxygen atoms in total. The summed E-state index contributed by atoms with van der Waals surface area (Å²) in [4.78, 5) is 23.1. The van der Waals surface area contributed by atoms with E-state index >= 15 is 0 Å². The van der Waals surface area contributed by atoms with Crippen LogP contribution in [0, 0.1) is 6.92 Å². The van der Waals surface area contributed by atoms with Gasteiger partial charge in [-0.2, -0.15) is 0 Å². The highest BCUT2D eigenvalue weighted by atomic mass is 16.2. The Labute approximate surface area is 135 Å². The van der Waals surface area contributed by atoms with Crippen molar-refractivity contribution in [3.05, 3.63) is 65.9 Å². The lowest BCUT2D eigenvalue weighted by molar-refractivity contribution is 0.0720. The first-order valence-electron chi connectivity index (χ1n) is 7.72. The number of nitrogens with zero attached hydrogens (tertiary/aromatic N) is 4. The van der Waals surface area contributed by atoms with E-state index in [9.17, 15) is 4.79 Å². The van der Waals surface area contributed by atoms with Gasteiger partial charge in [0, 0.05) is 31.8 Å². The van der Waals surface area contributed by atoms with E-state index in [0.29, 0.717) is 5.69 Å². The number of rotatable bonds is 4. The summed E-state index contributed by atoms with van der Waals surface area (Å²) in [6.45, 7) is 4.08. The third-order valence-electron chi connectivity index (χ3n) is 4.06. The second-order valence-electron chi connectivity index (χ2n) is 5.72. The van der Waals surface area contributed by atoms with Gasteiger partial charge in [0.2, 0.25) is 0 Å². The number of aromatic nitrogens is 3. The molecule has 0 spiro atoms. The van der Waals surface area contributed by atoms with Crippen molar-refractivity contribution in [2.24, 2.45) is 0 Å². The quantitative estimate of drug-likeness (QED) is 0.743. The van der Waals surface area contributed by atoms with Crippen molar-refractivity contribution in [3.63, 3.8) is 0 Å². The molecular formula is C18H20N4O. The summed E-state index contributed by atoms with van der Waals surface area (Å²) in [5.41, 5.74) is 3.40. The number of aryl methyl sites for hydroxylation is 1. The normalized spacial score (nSPS) is 12.3. The van der Waals surface area contributed by atoms with Crippen molar-refractivity contribution in [2.45, 2.75) is 26.3 Å². The lowest BCUT2D eigenvalue weighted by Crippen LogP contribution is -2.31. The Balaban J connectivity index is 1.90. The lowest BCUT2D eigenvalue weighted by atomic mass is 10.1. The molecule has 0 bridgehead atoms. The van der Waals surface area contributed by atoms with E-state index in [2.05, 4.69) is 16.9 Å². The average Bonchev–Trinajstić information content (AvgIpc) is 2.98. The van der Waals surface area contributed by atoms with Gasteiger partial charge in [0.15, 0.2) is 0 Å². The van der Waals surface area contributed by atoms with Gasteiger partial charge >= 0.3 is 0 Å². The highest BCUT2D eigenvalue weighted by Gasteiger charge is 2.23. The summed E-state index contributed by atoms with van der Waals surface area (Å²) in [5, 5.41) is 0. The molecule has 0 radical (unpaired) electrons. The van der Waals surface area contributed by atoms with Crippen molar-refractivity contribution in [3.8, 4) is 0 Å². The molecule has 3 aromatic heterocycles. The molecule has 118 valence electrons. The molecule has 1 unspecified atom stereocenters. The molecular weight excluding hydrogens is 288 g/mol. The van der Waals surface area contributed by atoms with Crippen LogP contribution in [0.1, 0.15) is 41.0 Å². The Morgan fingerprint density at radius 1 is 1.30 bits per heavy atom. The molecule has 0 aromatic carbocycles. The summed E-state index contributed by atoms with van der Waals surface area (Å²) in [7, 11) is 1.82. The molecule has 0 aliphatic heterocycles. The van der Waals surface area contributed by atoms with Gasteiger partial charge in [0.25, 0.3) is 5.91 Å². The summed E-state index contributed by atoms with van der Waals surface area (Å²) < 4.78 is 1.89. The third kappa shape index (κ3) is 2.95. The van der Waals surface area contributed by atoms with E-state index < -0.39 is 0 Å². The fourth-order valence-corrected chi connectivity index (χ4v) is 2.83. The van der Waals surface area contributed by atoms with E-state index in [1.165, 1.54) is 0 Å². The van der Waals surface area contributed by atoms with Gasteiger partial charge in [-0.25, -0.2) is 4.98 Å². The Morgan fingerprint density at radius 3 is 2.83 bits per heavy atom. The summed E-state index contributed by atoms with van der Waals surface area (Å²) in [6.07, 6.45) is 8.13. The zero-order chi connectivity index (χ0) is 16.4. The van der Waals surface area contributed by atoms with Crippen LogP contribution in [-0.4, -0.2) is 32.2 Å². The first-order chi connectivity index (χ1) is 11.1. The Bertz CT molecular complexity index is 825. The Morgan fingerprint density at radius 2 is 2.13 bits per heavy atom. The molecule has 3 rings (SSSR count). The van der Waals surface area contributed by atoms with E-state index in [1.807, 2.05) is 55.0 Å². The van der Waals surface area contributed by atoms with Crippen molar-refractivity contribution < 1.29 is 4.79 Å². The van der Waals surface area contributed by atoms with Gasteiger partial charge in [-0.1, -0.05) is 19.1 Å². The minimum atomic E-state index is -0.0814. The number of carbonyl (C=O) groups is 1. The summed E-state index contributed by atoms with van der Waals surface area (Å²) in [5.74, 6) is -0.0814. The molecule has 1 atom stereocenters. The maximum absolute atomic E-state index is 12.8. The van der Waals surface area contributed by atoms with E-state index in [0.717, 1.165) is 23.2 Å². The molecule has 0 aliphatic rings. The van der Waals surface area contributed by atoms with Crippen LogP contribution in [0.15, 0.2) is 49.1 Å². The maximum Gasteiger partial charge on any atom is 0.274 e. The standard InChI is InChI=1S/C18H20N4O/c1-4-16(14-6-5-9-19-10-14)21(3)18(23)15-12-22-11-13(2)7-8-17(22)20-15/h5-12,16H,4H2,1-3H3. The second kappa shape index (κ2) is 6.20. The second-order valence-corrected chi connectivity index (χ2v) is 5.72. The minimum absolute atomic E-state index is 0.0113. The van der Waals surface area contributed by atoms with Gasteiger partial charge < -0.3 is 9.30 Å². The van der Waals surface area contributed by atoms with Crippen LogP contribution in [0.3, 0.4) is 0 Å². The predicted octanol–water partition coefficient (Wildman–Crippen LogP) is 3.26.